The zero-order valence-corrected chi connectivity index (χ0v) is 31.5. The van der Waals surface area contributed by atoms with Crippen molar-refractivity contribution in [3.8, 4) is 34.6 Å². The molecule has 0 atom stereocenters. The Labute approximate surface area is 323 Å². The summed E-state index contributed by atoms with van der Waals surface area (Å²) in [6, 6.07) is 13.2. The Bertz CT molecular complexity index is 1990. The van der Waals surface area contributed by atoms with Crippen LogP contribution in [0.1, 0.15) is 37.3 Å². The first kappa shape index (κ1) is 39.1. The van der Waals surface area contributed by atoms with Crippen LogP contribution in [0.5, 0.6) is 11.5 Å². The number of anilines is 3. The molecule has 1 saturated heterocycles. The molecule has 2 aliphatic heterocycles. The van der Waals surface area contributed by atoms with E-state index in [1.165, 1.54) is 5.01 Å². The summed E-state index contributed by atoms with van der Waals surface area (Å²) in [7, 11) is 0. The lowest BCUT2D eigenvalue weighted by molar-refractivity contribution is -0.135. The second-order valence-corrected chi connectivity index (χ2v) is 13.9. The minimum absolute atomic E-state index is 0.305. The summed E-state index contributed by atoms with van der Waals surface area (Å²) in [5.74, 6) is 13.8. The van der Waals surface area contributed by atoms with Crippen LogP contribution in [0.2, 0.25) is 0 Å². The normalized spacial score (nSPS) is 14.0. The van der Waals surface area contributed by atoms with Crippen LogP contribution in [0, 0.1) is 11.8 Å². The number of carbonyl (C=O) groups excluding carboxylic acids is 2. The van der Waals surface area contributed by atoms with E-state index in [0.717, 1.165) is 35.4 Å². The second-order valence-electron chi connectivity index (χ2n) is 12.9. The van der Waals surface area contributed by atoms with Gasteiger partial charge < -0.3 is 41.2 Å². The van der Waals surface area contributed by atoms with Gasteiger partial charge in [0.15, 0.2) is 28.3 Å². The molecular formula is C37H46N12O5S. The van der Waals surface area contributed by atoms with E-state index in [9.17, 15) is 9.59 Å². The number of thioether (sulfide) groups is 1. The Morgan fingerprint density at radius 2 is 1.91 bits per heavy atom. The van der Waals surface area contributed by atoms with Gasteiger partial charge in [0.25, 0.3) is 11.7 Å². The van der Waals surface area contributed by atoms with Gasteiger partial charge in [0.2, 0.25) is 6.41 Å². The van der Waals surface area contributed by atoms with Crippen molar-refractivity contribution in [1.82, 2.24) is 35.2 Å². The molecule has 0 bridgehead atoms. The molecule has 17 nitrogen and oxygen atoms in total. The molecule has 0 radical (unpaired) electrons. The second kappa shape index (κ2) is 18.6. The summed E-state index contributed by atoms with van der Waals surface area (Å²) in [5.41, 5.74) is 15.6. The fraction of sp³-hybridized carbons (Fsp3) is 0.405. The topological polar surface area (TPSA) is 227 Å². The van der Waals surface area contributed by atoms with Crippen LogP contribution in [0.25, 0.3) is 11.3 Å². The number of fused-ring (bicyclic) bond motifs is 1. The number of hydrogen-bond acceptors (Lipinski definition) is 15. The quantitative estimate of drug-likeness (QED) is 0.0197. The highest BCUT2D eigenvalue weighted by atomic mass is 32.2. The van der Waals surface area contributed by atoms with E-state index in [1.807, 2.05) is 30.5 Å². The maximum atomic E-state index is 12.3. The molecular weight excluding hydrogens is 725 g/mol. The first-order valence-corrected chi connectivity index (χ1v) is 19.1. The number of likely N-dealkylation sites (tertiary alicyclic amines) is 1. The Kier molecular flexibility index (Phi) is 13.2. The van der Waals surface area contributed by atoms with Crippen LogP contribution in [-0.2, 0) is 27.4 Å². The zero-order chi connectivity index (χ0) is 38.6. The number of carbonyl (C=O) groups is 2. The number of hydrazine groups is 1. The molecule has 55 heavy (non-hydrogen) atoms. The lowest BCUT2D eigenvalue weighted by Gasteiger charge is -2.35. The largest absolute Gasteiger partial charge is 0.448 e. The van der Waals surface area contributed by atoms with Crippen molar-refractivity contribution in [2.75, 3.05) is 67.7 Å². The number of hydrogen-bond donors (Lipinski definition) is 5. The summed E-state index contributed by atoms with van der Waals surface area (Å²) in [4.78, 5) is 34.2. The minimum atomic E-state index is -0.758. The summed E-state index contributed by atoms with van der Waals surface area (Å²) in [6.45, 7) is 6.07. The average molecular weight is 771 g/mol. The first-order valence-electron chi connectivity index (χ1n) is 18.1. The SMILES string of the molecule is CCCSc1nc(NCCN)c(N)c(N(N)Cc2ccc(-c3cn(CCOCCNC(=O)C#Cc4ccc5c(c4)OC4(CCN(C=O)CC4)O5)nn3)cc2)n1. The van der Waals surface area contributed by atoms with Gasteiger partial charge in [0.05, 0.1) is 32.5 Å². The Morgan fingerprint density at radius 1 is 1.11 bits per heavy atom. The lowest BCUT2D eigenvalue weighted by Crippen LogP contribution is -2.49. The van der Waals surface area contributed by atoms with Crippen molar-refractivity contribution in [2.24, 2.45) is 11.6 Å². The van der Waals surface area contributed by atoms with E-state index < -0.39 is 11.7 Å². The zero-order valence-electron chi connectivity index (χ0n) is 30.7. The minimum Gasteiger partial charge on any atom is -0.448 e. The summed E-state index contributed by atoms with van der Waals surface area (Å²) in [5, 5.41) is 16.5. The van der Waals surface area contributed by atoms with Crippen LogP contribution in [-0.4, -0.2) is 99.7 Å². The van der Waals surface area contributed by atoms with Gasteiger partial charge in [-0.05, 0) is 30.2 Å². The van der Waals surface area contributed by atoms with Crippen LogP contribution in [0.3, 0.4) is 0 Å². The first-order chi connectivity index (χ1) is 26.8. The number of ether oxygens (including phenoxy) is 3. The molecule has 6 rings (SSSR count). The molecule has 2 aromatic heterocycles. The molecule has 1 fully saturated rings. The molecule has 8 N–H and O–H groups in total. The highest BCUT2D eigenvalue weighted by molar-refractivity contribution is 7.99. The molecule has 290 valence electrons. The summed E-state index contributed by atoms with van der Waals surface area (Å²) < 4.78 is 19.6. The maximum Gasteiger partial charge on any atom is 0.296 e. The molecule has 4 aromatic rings. The number of nitrogen functional groups attached to an aromatic ring is 1. The van der Waals surface area contributed by atoms with Gasteiger partial charge >= 0.3 is 0 Å². The highest BCUT2D eigenvalue weighted by Gasteiger charge is 2.44. The van der Waals surface area contributed by atoms with Crippen molar-refractivity contribution in [3.63, 3.8) is 0 Å². The highest BCUT2D eigenvalue weighted by Crippen LogP contribution is 2.44. The van der Waals surface area contributed by atoms with Crippen LogP contribution in [0.15, 0.2) is 53.8 Å². The molecule has 2 amide bonds. The lowest BCUT2D eigenvalue weighted by atomic mass is 10.0. The fourth-order valence-corrected chi connectivity index (χ4v) is 6.54. The number of aromatic nitrogens is 5. The van der Waals surface area contributed by atoms with Gasteiger partial charge in [-0.1, -0.05) is 54.1 Å². The van der Waals surface area contributed by atoms with E-state index >= 15 is 0 Å². The van der Waals surface area contributed by atoms with E-state index in [0.29, 0.717) is 111 Å². The number of rotatable bonds is 17. The number of nitrogens with two attached hydrogens (primary N) is 3. The Balaban J connectivity index is 0.912. The van der Waals surface area contributed by atoms with Crippen molar-refractivity contribution in [1.29, 1.82) is 0 Å². The molecule has 2 aliphatic rings. The molecule has 0 saturated carbocycles. The van der Waals surface area contributed by atoms with Crippen molar-refractivity contribution < 1.29 is 23.8 Å². The smallest absolute Gasteiger partial charge is 0.296 e. The van der Waals surface area contributed by atoms with Crippen LogP contribution in [0.4, 0.5) is 17.3 Å². The van der Waals surface area contributed by atoms with E-state index in [2.05, 4.69) is 49.7 Å². The van der Waals surface area contributed by atoms with Crippen LogP contribution >= 0.6 is 11.8 Å². The molecule has 1 spiro atoms. The van der Waals surface area contributed by atoms with Crippen molar-refractivity contribution >= 4 is 41.4 Å². The molecule has 18 heteroatoms. The third kappa shape index (κ3) is 10.3. The van der Waals surface area contributed by atoms with E-state index in [-0.39, 0.29) is 0 Å². The van der Waals surface area contributed by atoms with Gasteiger partial charge in [-0.2, -0.15) is 0 Å². The standard InChI is InChI=1S/C37H46N12O5S/c1-2-21-55-36-43-34(42-14-13-38)33(39)35(44-36)49(40)23-27-3-7-28(8-4-27)29-24-48(46-45-29)18-20-52-19-15-41-32(51)10-6-26-5-9-30-31(22-26)54-37(53-30)11-16-47(25-50)17-12-37/h3-5,7-9,22,24-25H,2,11-21,23,38-40H2,1H3,(H,41,51)(H,42,43,44). The number of amides is 2. The molecule has 2 aromatic carbocycles. The fourth-order valence-electron chi connectivity index (χ4n) is 5.85. The third-order valence-electron chi connectivity index (χ3n) is 8.75. The number of benzene rings is 2. The molecule has 0 aliphatic carbocycles. The predicted octanol–water partition coefficient (Wildman–Crippen LogP) is 1.97. The molecule has 4 heterocycles. The number of nitrogens with zero attached hydrogens (tertiary/aromatic N) is 7. The van der Waals surface area contributed by atoms with Gasteiger partial charge in [-0.3, -0.25) is 14.6 Å². The van der Waals surface area contributed by atoms with Gasteiger partial charge in [0, 0.05) is 68.4 Å². The Morgan fingerprint density at radius 3 is 2.67 bits per heavy atom. The van der Waals surface area contributed by atoms with Gasteiger partial charge in [0.1, 0.15) is 11.4 Å². The number of nitrogens with one attached hydrogen (secondary N) is 2. The Hall–Kier alpha value is -5.61. The summed E-state index contributed by atoms with van der Waals surface area (Å²) in [6.07, 6.45) is 4.84. The third-order valence-corrected chi connectivity index (χ3v) is 9.81. The maximum absolute atomic E-state index is 12.3. The van der Waals surface area contributed by atoms with Crippen LogP contribution < -0.4 is 42.4 Å². The van der Waals surface area contributed by atoms with Gasteiger partial charge in [-0.15, -0.1) is 5.10 Å². The van der Waals surface area contributed by atoms with Crippen molar-refractivity contribution in [3.05, 3.63) is 59.8 Å². The molecule has 0 unspecified atom stereocenters. The van der Waals surface area contributed by atoms with E-state index in [4.69, 9.17) is 31.5 Å². The van der Waals surface area contributed by atoms with E-state index in [1.54, 1.807) is 39.5 Å². The van der Waals surface area contributed by atoms with Gasteiger partial charge in [-0.25, -0.2) is 20.5 Å². The summed E-state index contributed by atoms with van der Waals surface area (Å²) >= 11 is 1.55. The van der Waals surface area contributed by atoms with Crippen molar-refractivity contribution in [2.45, 2.75) is 50.2 Å². The number of piperidine rings is 1. The average Bonchev–Trinajstić information content (AvgIpc) is 3.82. The predicted molar refractivity (Wildman–Crippen MR) is 209 cm³/mol. The monoisotopic (exact) mass is 770 g/mol.